The van der Waals surface area contributed by atoms with Crippen LogP contribution in [0, 0.1) is 0 Å². The minimum atomic E-state index is 0.283. The third-order valence-electron chi connectivity index (χ3n) is 5.26. The summed E-state index contributed by atoms with van der Waals surface area (Å²) in [5.74, 6) is 3.19. The summed E-state index contributed by atoms with van der Waals surface area (Å²) in [5, 5.41) is 6.68. The maximum absolute atomic E-state index is 5.95. The molecule has 1 saturated heterocycles. The van der Waals surface area contributed by atoms with Gasteiger partial charge in [-0.25, -0.2) is 0 Å². The molecular weight excluding hydrogens is 396 g/mol. The molecule has 1 fully saturated rings. The Morgan fingerprint density at radius 2 is 1.77 bits per heavy atom. The standard InChI is InChI=1S/C23H30N4O4/c1-24-23(26-16-19-5-6-21-22(14-19)31-17-30-21)25-15-18-3-2-4-20(13-18)29-12-9-27-7-10-28-11-8-27/h2-6,13-14H,7-12,15-17H2,1H3,(H2,24,25,26). The van der Waals surface area contributed by atoms with Gasteiger partial charge in [-0.3, -0.25) is 9.89 Å². The highest BCUT2D eigenvalue weighted by Crippen LogP contribution is 2.32. The molecule has 4 rings (SSSR count). The molecule has 0 bridgehead atoms. The summed E-state index contributed by atoms with van der Waals surface area (Å²) in [5.41, 5.74) is 2.23. The van der Waals surface area contributed by atoms with Gasteiger partial charge in [0.15, 0.2) is 17.5 Å². The first-order valence-electron chi connectivity index (χ1n) is 10.6. The van der Waals surface area contributed by atoms with Crippen LogP contribution in [-0.2, 0) is 17.8 Å². The van der Waals surface area contributed by atoms with E-state index in [1.807, 2.05) is 30.3 Å². The Labute approximate surface area is 183 Å². The summed E-state index contributed by atoms with van der Waals surface area (Å²) in [6.45, 7) is 6.75. The second-order valence-electron chi connectivity index (χ2n) is 7.42. The third kappa shape index (κ3) is 6.26. The van der Waals surface area contributed by atoms with Crippen molar-refractivity contribution in [2.75, 3.05) is 53.3 Å². The fourth-order valence-corrected chi connectivity index (χ4v) is 3.51. The van der Waals surface area contributed by atoms with Crippen LogP contribution < -0.4 is 24.8 Å². The van der Waals surface area contributed by atoms with Crippen LogP contribution in [0.15, 0.2) is 47.5 Å². The van der Waals surface area contributed by atoms with E-state index >= 15 is 0 Å². The van der Waals surface area contributed by atoms with Crippen LogP contribution in [0.1, 0.15) is 11.1 Å². The van der Waals surface area contributed by atoms with E-state index in [4.69, 9.17) is 18.9 Å². The van der Waals surface area contributed by atoms with Gasteiger partial charge in [-0.15, -0.1) is 0 Å². The van der Waals surface area contributed by atoms with Crippen molar-refractivity contribution in [3.05, 3.63) is 53.6 Å². The maximum atomic E-state index is 5.95. The summed E-state index contributed by atoms with van der Waals surface area (Å²) in [4.78, 5) is 6.67. The van der Waals surface area contributed by atoms with Gasteiger partial charge in [0, 0.05) is 39.8 Å². The van der Waals surface area contributed by atoms with E-state index in [0.29, 0.717) is 19.7 Å². The summed E-state index contributed by atoms with van der Waals surface area (Å²) < 4.78 is 22.1. The highest BCUT2D eigenvalue weighted by atomic mass is 16.7. The number of fused-ring (bicyclic) bond motifs is 1. The van der Waals surface area contributed by atoms with Crippen molar-refractivity contribution in [3.8, 4) is 17.2 Å². The number of nitrogens with zero attached hydrogens (tertiary/aromatic N) is 2. The summed E-state index contributed by atoms with van der Waals surface area (Å²) >= 11 is 0. The molecule has 0 radical (unpaired) electrons. The number of rotatable bonds is 8. The molecule has 2 aliphatic heterocycles. The Morgan fingerprint density at radius 1 is 1.00 bits per heavy atom. The largest absolute Gasteiger partial charge is 0.492 e. The number of morpholine rings is 1. The number of guanidine groups is 1. The molecule has 2 aliphatic rings. The van der Waals surface area contributed by atoms with Gasteiger partial charge in [-0.1, -0.05) is 18.2 Å². The zero-order chi connectivity index (χ0) is 21.3. The number of hydrogen-bond donors (Lipinski definition) is 2. The van der Waals surface area contributed by atoms with E-state index in [0.717, 1.165) is 67.2 Å². The Kier molecular flexibility index (Phi) is 7.46. The van der Waals surface area contributed by atoms with Crippen molar-refractivity contribution >= 4 is 5.96 Å². The van der Waals surface area contributed by atoms with Gasteiger partial charge in [0.05, 0.1) is 13.2 Å². The van der Waals surface area contributed by atoms with E-state index in [1.54, 1.807) is 7.05 Å². The fourth-order valence-electron chi connectivity index (χ4n) is 3.51. The summed E-state index contributed by atoms with van der Waals surface area (Å²) in [6, 6.07) is 14.1. The van der Waals surface area contributed by atoms with E-state index in [9.17, 15) is 0 Å². The first-order valence-corrected chi connectivity index (χ1v) is 10.6. The molecule has 0 spiro atoms. The summed E-state index contributed by atoms with van der Waals surface area (Å²) in [7, 11) is 1.76. The second-order valence-corrected chi connectivity index (χ2v) is 7.42. The lowest BCUT2D eigenvalue weighted by atomic mass is 10.2. The fraction of sp³-hybridized carbons (Fsp3) is 0.435. The number of benzene rings is 2. The number of hydrogen-bond acceptors (Lipinski definition) is 6. The van der Waals surface area contributed by atoms with E-state index in [2.05, 4.69) is 32.7 Å². The number of nitrogens with one attached hydrogen (secondary N) is 2. The topological polar surface area (TPSA) is 76.6 Å². The number of aliphatic imine (C=N–C) groups is 1. The molecule has 2 heterocycles. The van der Waals surface area contributed by atoms with Crippen molar-refractivity contribution in [1.82, 2.24) is 15.5 Å². The van der Waals surface area contributed by atoms with Gasteiger partial charge in [-0.2, -0.15) is 0 Å². The molecule has 8 nitrogen and oxygen atoms in total. The second kappa shape index (κ2) is 10.9. The molecule has 2 N–H and O–H groups in total. The Hall–Kier alpha value is -2.97. The number of ether oxygens (including phenoxy) is 4. The smallest absolute Gasteiger partial charge is 0.231 e. The molecule has 0 saturated carbocycles. The van der Waals surface area contributed by atoms with Crippen LogP contribution >= 0.6 is 0 Å². The van der Waals surface area contributed by atoms with Crippen molar-refractivity contribution < 1.29 is 18.9 Å². The van der Waals surface area contributed by atoms with Crippen molar-refractivity contribution in [2.24, 2.45) is 4.99 Å². The average Bonchev–Trinajstić information content (AvgIpc) is 3.28. The van der Waals surface area contributed by atoms with E-state index < -0.39 is 0 Å². The van der Waals surface area contributed by atoms with Crippen LogP contribution in [0.2, 0.25) is 0 Å². The van der Waals surface area contributed by atoms with Crippen LogP contribution in [0.5, 0.6) is 17.2 Å². The van der Waals surface area contributed by atoms with Gasteiger partial charge in [0.2, 0.25) is 6.79 Å². The van der Waals surface area contributed by atoms with E-state index in [-0.39, 0.29) is 6.79 Å². The lowest BCUT2D eigenvalue weighted by Crippen LogP contribution is -2.38. The normalized spacial score (nSPS) is 16.2. The molecule has 0 aliphatic carbocycles. The monoisotopic (exact) mass is 426 g/mol. The minimum absolute atomic E-state index is 0.283. The molecule has 8 heteroatoms. The van der Waals surface area contributed by atoms with Crippen molar-refractivity contribution in [3.63, 3.8) is 0 Å². The lowest BCUT2D eigenvalue weighted by Gasteiger charge is -2.26. The predicted molar refractivity (Wildman–Crippen MR) is 119 cm³/mol. The molecule has 2 aromatic carbocycles. The Morgan fingerprint density at radius 3 is 2.58 bits per heavy atom. The molecule has 0 aromatic heterocycles. The SMILES string of the molecule is CN=C(NCc1cccc(OCCN2CCOCC2)c1)NCc1ccc2c(c1)OCO2. The Balaban J connectivity index is 1.21. The van der Waals surface area contributed by atoms with Crippen LogP contribution in [0.25, 0.3) is 0 Å². The van der Waals surface area contributed by atoms with Gasteiger partial charge >= 0.3 is 0 Å². The molecule has 2 aromatic rings. The molecular formula is C23H30N4O4. The van der Waals surface area contributed by atoms with Gasteiger partial charge in [0.1, 0.15) is 12.4 Å². The highest BCUT2D eigenvalue weighted by Gasteiger charge is 2.13. The van der Waals surface area contributed by atoms with Crippen molar-refractivity contribution in [2.45, 2.75) is 13.1 Å². The van der Waals surface area contributed by atoms with Crippen molar-refractivity contribution in [1.29, 1.82) is 0 Å². The third-order valence-corrected chi connectivity index (χ3v) is 5.26. The predicted octanol–water partition coefficient (Wildman–Crippen LogP) is 1.99. The zero-order valence-corrected chi connectivity index (χ0v) is 17.9. The molecule has 0 unspecified atom stereocenters. The van der Waals surface area contributed by atoms with Crippen LogP contribution in [0.4, 0.5) is 0 Å². The summed E-state index contributed by atoms with van der Waals surface area (Å²) in [6.07, 6.45) is 0. The molecule has 31 heavy (non-hydrogen) atoms. The quantitative estimate of drug-likeness (QED) is 0.494. The van der Waals surface area contributed by atoms with Crippen LogP contribution in [0.3, 0.4) is 0 Å². The average molecular weight is 427 g/mol. The first-order chi connectivity index (χ1) is 15.3. The zero-order valence-electron chi connectivity index (χ0n) is 17.9. The van der Waals surface area contributed by atoms with Gasteiger partial charge < -0.3 is 29.6 Å². The highest BCUT2D eigenvalue weighted by molar-refractivity contribution is 5.79. The van der Waals surface area contributed by atoms with Gasteiger partial charge in [0.25, 0.3) is 0 Å². The minimum Gasteiger partial charge on any atom is -0.492 e. The van der Waals surface area contributed by atoms with E-state index in [1.165, 1.54) is 0 Å². The molecule has 0 atom stereocenters. The maximum Gasteiger partial charge on any atom is 0.231 e. The molecule has 166 valence electrons. The Bertz CT molecular complexity index is 884. The first kappa shape index (κ1) is 21.3. The molecule has 0 amide bonds. The lowest BCUT2D eigenvalue weighted by molar-refractivity contribution is 0.0322. The van der Waals surface area contributed by atoms with Crippen LogP contribution in [-0.4, -0.2) is 64.2 Å². The van der Waals surface area contributed by atoms with Gasteiger partial charge in [-0.05, 0) is 35.4 Å².